The third-order valence-electron chi connectivity index (χ3n) is 0.713. The average molecular weight is 148 g/mol. The van der Waals surface area contributed by atoms with Crippen molar-refractivity contribution in [1.82, 2.24) is 0 Å². The highest BCUT2D eigenvalue weighted by atomic mass is 19.1. The molecule has 0 saturated carbocycles. The predicted molar refractivity (Wildman–Crippen MR) is 32.8 cm³/mol. The number of hydrogen-bond acceptors (Lipinski definition) is 3. The van der Waals surface area contributed by atoms with E-state index in [0.717, 1.165) is 13.4 Å². The van der Waals surface area contributed by atoms with E-state index in [9.17, 15) is 9.18 Å². The minimum absolute atomic E-state index is 1.04. The molecule has 0 aliphatic heterocycles. The van der Waals surface area contributed by atoms with E-state index >= 15 is 0 Å². The van der Waals surface area contributed by atoms with Crippen molar-refractivity contribution in [2.24, 2.45) is 0 Å². The zero-order valence-electron chi connectivity index (χ0n) is 5.83. The van der Waals surface area contributed by atoms with E-state index in [2.05, 4.69) is 9.47 Å². The van der Waals surface area contributed by atoms with E-state index in [4.69, 9.17) is 0 Å². The number of carbonyl (C=O) groups is 1. The van der Waals surface area contributed by atoms with Crippen molar-refractivity contribution in [3.8, 4) is 0 Å². The summed E-state index contributed by atoms with van der Waals surface area (Å²) in [7, 11) is 1.08. The van der Waals surface area contributed by atoms with Crippen molar-refractivity contribution < 1.29 is 18.7 Å². The number of rotatable bonds is 3. The molecule has 0 aliphatic carbocycles. The summed E-state index contributed by atoms with van der Waals surface area (Å²) in [5.74, 6) is -1.04. The summed E-state index contributed by atoms with van der Waals surface area (Å²) >= 11 is 0. The lowest BCUT2D eigenvalue weighted by Gasteiger charge is -2.01. The Labute approximate surface area is 58.4 Å². The first-order valence-electron chi connectivity index (χ1n) is 2.71. The molecule has 4 heteroatoms. The van der Waals surface area contributed by atoms with Gasteiger partial charge in [-0.25, -0.2) is 9.18 Å². The van der Waals surface area contributed by atoms with Crippen LogP contribution in [0.25, 0.3) is 0 Å². The molecule has 0 saturated heterocycles. The predicted octanol–water partition coefficient (Wildman–Crippen LogP) is 1.01. The number of halogens is 1. The van der Waals surface area contributed by atoms with Crippen LogP contribution in [-0.2, 0) is 14.3 Å². The molecule has 3 nitrogen and oxygen atoms in total. The SMILES string of the molecule is CC=COC(=O)C(F)OC. The van der Waals surface area contributed by atoms with E-state index < -0.39 is 12.3 Å². The maximum absolute atomic E-state index is 12.1. The van der Waals surface area contributed by atoms with Crippen LogP contribution in [0, 0.1) is 0 Å². The summed E-state index contributed by atoms with van der Waals surface area (Å²) in [5, 5.41) is 0. The Morgan fingerprint density at radius 3 is 2.70 bits per heavy atom. The van der Waals surface area contributed by atoms with E-state index in [1.54, 1.807) is 6.92 Å². The summed E-state index contributed by atoms with van der Waals surface area (Å²) < 4.78 is 20.4. The number of methoxy groups -OCH3 is 1. The second-order valence-electron chi connectivity index (χ2n) is 1.46. The molecular formula is C6H9FO3. The molecule has 10 heavy (non-hydrogen) atoms. The summed E-state index contributed by atoms with van der Waals surface area (Å²) in [4.78, 5) is 10.4. The molecule has 0 aliphatic rings. The molecule has 1 atom stereocenters. The Bertz CT molecular complexity index is 133. The molecule has 0 aromatic heterocycles. The average Bonchev–Trinajstić information content (AvgIpc) is 1.98. The third kappa shape index (κ3) is 3.19. The first kappa shape index (κ1) is 9.10. The van der Waals surface area contributed by atoms with Gasteiger partial charge in [-0.15, -0.1) is 0 Å². The van der Waals surface area contributed by atoms with Gasteiger partial charge in [-0.3, -0.25) is 0 Å². The van der Waals surface area contributed by atoms with Gasteiger partial charge in [-0.05, 0) is 6.92 Å². The van der Waals surface area contributed by atoms with E-state index in [1.807, 2.05) is 0 Å². The Morgan fingerprint density at radius 1 is 1.70 bits per heavy atom. The smallest absolute Gasteiger partial charge is 0.373 e. The molecule has 0 fully saturated rings. The fourth-order valence-corrected chi connectivity index (χ4v) is 0.285. The van der Waals surface area contributed by atoms with Crippen molar-refractivity contribution in [1.29, 1.82) is 0 Å². The van der Waals surface area contributed by atoms with E-state index in [-0.39, 0.29) is 0 Å². The van der Waals surface area contributed by atoms with Gasteiger partial charge in [0.05, 0.1) is 6.26 Å². The highest BCUT2D eigenvalue weighted by molar-refractivity contribution is 5.73. The van der Waals surface area contributed by atoms with Crippen molar-refractivity contribution in [2.45, 2.75) is 13.3 Å². The molecule has 0 radical (unpaired) electrons. The van der Waals surface area contributed by atoms with Crippen molar-refractivity contribution in [2.75, 3.05) is 7.11 Å². The van der Waals surface area contributed by atoms with Gasteiger partial charge in [0.25, 0.3) is 6.36 Å². The van der Waals surface area contributed by atoms with Crippen LogP contribution < -0.4 is 0 Å². The maximum Gasteiger partial charge on any atom is 0.373 e. The minimum Gasteiger partial charge on any atom is -0.431 e. The number of hydrogen-bond donors (Lipinski definition) is 0. The lowest BCUT2D eigenvalue weighted by molar-refractivity contribution is -0.160. The monoisotopic (exact) mass is 148 g/mol. The van der Waals surface area contributed by atoms with E-state index in [0.29, 0.717) is 0 Å². The van der Waals surface area contributed by atoms with Gasteiger partial charge in [0.2, 0.25) is 0 Å². The summed E-state index contributed by atoms with van der Waals surface area (Å²) in [5.41, 5.74) is 0. The Hall–Kier alpha value is -0.900. The molecular weight excluding hydrogens is 139 g/mol. The van der Waals surface area contributed by atoms with Crippen LogP contribution in [-0.4, -0.2) is 19.4 Å². The highest BCUT2D eigenvalue weighted by Gasteiger charge is 2.15. The molecule has 0 amide bonds. The maximum atomic E-state index is 12.1. The Morgan fingerprint density at radius 2 is 2.30 bits per heavy atom. The first-order valence-corrected chi connectivity index (χ1v) is 2.71. The molecule has 1 unspecified atom stereocenters. The molecule has 0 spiro atoms. The fraction of sp³-hybridized carbons (Fsp3) is 0.500. The third-order valence-corrected chi connectivity index (χ3v) is 0.713. The molecule has 0 aromatic rings. The van der Waals surface area contributed by atoms with Crippen LogP contribution in [0.1, 0.15) is 6.92 Å². The van der Waals surface area contributed by atoms with Gasteiger partial charge in [0.15, 0.2) is 0 Å². The fourth-order valence-electron chi connectivity index (χ4n) is 0.285. The largest absolute Gasteiger partial charge is 0.431 e. The highest BCUT2D eigenvalue weighted by Crippen LogP contribution is 1.94. The van der Waals surface area contributed by atoms with Crippen LogP contribution >= 0.6 is 0 Å². The van der Waals surface area contributed by atoms with Gasteiger partial charge >= 0.3 is 5.97 Å². The van der Waals surface area contributed by atoms with Crippen LogP contribution in [0.3, 0.4) is 0 Å². The lowest BCUT2D eigenvalue weighted by atomic mass is 10.7. The van der Waals surface area contributed by atoms with Gasteiger partial charge in [0.1, 0.15) is 0 Å². The second-order valence-corrected chi connectivity index (χ2v) is 1.46. The molecule has 0 rings (SSSR count). The van der Waals surface area contributed by atoms with Crippen LogP contribution in [0.15, 0.2) is 12.3 Å². The van der Waals surface area contributed by atoms with Crippen molar-refractivity contribution in [3.63, 3.8) is 0 Å². The van der Waals surface area contributed by atoms with Crippen LogP contribution in [0.4, 0.5) is 4.39 Å². The summed E-state index contributed by atoms with van der Waals surface area (Å²) in [6.07, 6.45) is 0.574. The second kappa shape index (κ2) is 4.93. The quantitative estimate of drug-likeness (QED) is 0.442. The number of carbonyl (C=O) groups excluding carboxylic acids is 1. The van der Waals surface area contributed by atoms with Gasteiger partial charge in [-0.1, -0.05) is 6.08 Å². The van der Waals surface area contributed by atoms with Gasteiger partial charge in [0, 0.05) is 7.11 Å². The molecule has 0 N–H and O–H groups in total. The molecule has 0 heterocycles. The zero-order valence-corrected chi connectivity index (χ0v) is 5.83. The van der Waals surface area contributed by atoms with Crippen molar-refractivity contribution >= 4 is 5.97 Å². The van der Waals surface area contributed by atoms with Gasteiger partial charge < -0.3 is 9.47 Å². The van der Waals surface area contributed by atoms with Crippen molar-refractivity contribution in [3.05, 3.63) is 12.3 Å². The Kier molecular flexibility index (Phi) is 4.49. The van der Waals surface area contributed by atoms with Crippen LogP contribution in [0.5, 0.6) is 0 Å². The topological polar surface area (TPSA) is 35.5 Å². The number of esters is 1. The molecule has 0 aromatic carbocycles. The summed E-state index contributed by atoms with van der Waals surface area (Å²) in [6, 6.07) is 0. The Balaban J connectivity index is 3.62. The van der Waals surface area contributed by atoms with Crippen LogP contribution in [0.2, 0.25) is 0 Å². The zero-order chi connectivity index (χ0) is 7.98. The lowest BCUT2D eigenvalue weighted by Crippen LogP contribution is -2.18. The van der Waals surface area contributed by atoms with E-state index in [1.165, 1.54) is 6.08 Å². The molecule has 58 valence electrons. The number of allylic oxidation sites excluding steroid dienone is 1. The normalized spacial score (nSPS) is 13.5. The standard InChI is InChI=1S/C6H9FO3/c1-3-4-10-6(8)5(7)9-2/h3-5H,1-2H3. The first-order chi connectivity index (χ1) is 4.72. The number of ether oxygens (including phenoxy) is 2. The van der Waals surface area contributed by atoms with Gasteiger partial charge in [-0.2, -0.15) is 0 Å². The summed E-state index contributed by atoms with van der Waals surface area (Å²) in [6.45, 7) is 1.65. The minimum atomic E-state index is -1.99. The number of alkyl halides is 1. The molecule has 0 bridgehead atoms.